The third-order valence-electron chi connectivity index (χ3n) is 3.55. The van der Waals surface area contributed by atoms with Crippen LogP contribution in [-0.4, -0.2) is 43.0 Å². The quantitative estimate of drug-likeness (QED) is 0.845. The number of nitrogens with zero attached hydrogens (tertiary/aromatic N) is 1. The third-order valence-corrected chi connectivity index (χ3v) is 3.55. The molecule has 1 aliphatic heterocycles. The molecule has 2 rings (SSSR count). The van der Waals surface area contributed by atoms with Gasteiger partial charge in [-0.05, 0) is 50.5 Å². The highest BCUT2D eigenvalue weighted by Crippen LogP contribution is 2.12. The van der Waals surface area contributed by atoms with Gasteiger partial charge >= 0.3 is 5.97 Å². The second-order valence-electron chi connectivity index (χ2n) is 5.09. The fourth-order valence-corrected chi connectivity index (χ4v) is 2.37. The highest BCUT2D eigenvalue weighted by Gasteiger charge is 2.15. The molecule has 0 radical (unpaired) electrons. The molecule has 0 bridgehead atoms. The van der Waals surface area contributed by atoms with Crippen LogP contribution in [0.4, 0.5) is 5.69 Å². The second kappa shape index (κ2) is 7.67. The van der Waals surface area contributed by atoms with Gasteiger partial charge in [-0.3, -0.25) is 4.79 Å². The third kappa shape index (κ3) is 4.48. The summed E-state index contributed by atoms with van der Waals surface area (Å²) in [7, 11) is 0. The van der Waals surface area contributed by atoms with Crippen molar-refractivity contribution in [2.75, 3.05) is 31.6 Å². The molecular formula is C16H22N2O3. The summed E-state index contributed by atoms with van der Waals surface area (Å²) in [6.45, 7) is 4.16. The van der Waals surface area contributed by atoms with Crippen LogP contribution in [0, 0.1) is 0 Å². The number of ether oxygens (including phenoxy) is 1. The van der Waals surface area contributed by atoms with Crippen molar-refractivity contribution in [1.29, 1.82) is 0 Å². The molecule has 5 heteroatoms. The van der Waals surface area contributed by atoms with Gasteiger partial charge in [0.1, 0.15) is 0 Å². The SMILES string of the molecule is CCOC(=O)c1ccc(NCC(=O)N2CCCCC2)cc1. The highest BCUT2D eigenvalue weighted by molar-refractivity contribution is 5.90. The Bertz CT molecular complexity index is 479. The van der Waals surface area contributed by atoms with E-state index >= 15 is 0 Å². The number of rotatable bonds is 5. The van der Waals surface area contributed by atoms with Gasteiger partial charge in [0.2, 0.25) is 5.91 Å². The van der Waals surface area contributed by atoms with Gasteiger partial charge in [0, 0.05) is 18.8 Å². The first kappa shape index (κ1) is 15.4. The number of hydrogen-bond acceptors (Lipinski definition) is 4. The summed E-state index contributed by atoms with van der Waals surface area (Å²) in [5, 5.41) is 3.10. The zero-order valence-corrected chi connectivity index (χ0v) is 12.4. The summed E-state index contributed by atoms with van der Waals surface area (Å²) in [6.07, 6.45) is 3.41. The van der Waals surface area contributed by atoms with E-state index in [0.717, 1.165) is 31.6 Å². The molecule has 1 fully saturated rings. The number of carbonyl (C=O) groups excluding carboxylic acids is 2. The molecule has 1 N–H and O–H groups in total. The topological polar surface area (TPSA) is 58.6 Å². The zero-order chi connectivity index (χ0) is 15.1. The number of esters is 1. The minimum atomic E-state index is -0.326. The van der Waals surface area contributed by atoms with Crippen molar-refractivity contribution >= 4 is 17.6 Å². The van der Waals surface area contributed by atoms with E-state index in [2.05, 4.69) is 5.32 Å². The van der Waals surface area contributed by atoms with Crippen LogP contribution in [0.15, 0.2) is 24.3 Å². The monoisotopic (exact) mass is 290 g/mol. The lowest BCUT2D eigenvalue weighted by Crippen LogP contribution is -2.39. The van der Waals surface area contributed by atoms with E-state index in [0.29, 0.717) is 18.7 Å². The first-order valence-corrected chi connectivity index (χ1v) is 7.49. The average molecular weight is 290 g/mol. The number of carbonyl (C=O) groups is 2. The van der Waals surface area contributed by atoms with Crippen molar-refractivity contribution in [2.24, 2.45) is 0 Å². The molecule has 114 valence electrons. The van der Waals surface area contributed by atoms with Crippen LogP contribution in [0.1, 0.15) is 36.5 Å². The van der Waals surface area contributed by atoms with Crippen molar-refractivity contribution in [1.82, 2.24) is 4.90 Å². The first-order chi connectivity index (χ1) is 10.2. The number of nitrogens with one attached hydrogen (secondary N) is 1. The number of anilines is 1. The van der Waals surface area contributed by atoms with Gasteiger partial charge < -0.3 is 15.0 Å². The maximum absolute atomic E-state index is 12.0. The molecule has 1 aromatic rings. The Morgan fingerprint density at radius 3 is 2.43 bits per heavy atom. The fraction of sp³-hybridized carbons (Fsp3) is 0.500. The van der Waals surface area contributed by atoms with Crippen molar-refractivity contribution in [3.05, 3.63) is 29.8 Å². The van der Waals surface area contributed by atoms with Crippen LogP contribution in [0.2, 0.25) is 0 Å². The Hall–Kier alpha value is -2.04. The van der Waals surface area contributed by atoms with Gasteiger partial charge in [-0.25, -0.2) is 4.79 Å². The van der Waals surface area contributed by atoms with E-state index < -0.39 is 0 Å². The normalized spacial score (nSPS) is 14.6. The van der Waals surface area contributed by atoms with Crippen LogP contribution in [0.25, 0.3) is 0 Å². The minimum absolute atomic E-state index is 0.129. The Morgan fingerprint density at radius 2 is 1.81 bits per heavy atom. The smallest absolute Gasteiger partial charge is 0.338 e. The molecule has 0 aliphatic carbocycles. The predicted octanol–water partition coefficient (Wildman–Crippen LogP) is 2.29. The number of benzene rings is 1. The van der Waals surface area contributed by atoms with E-state index in [9.17, 15) is 9.59 Å². The number of likely N-dealkylation sites (tertiary alicyclic amines) is 1. The number of hydrogen-bond donors (Lipinski definition) is 1. The molecule has 21 heavy (non-hydrogen) atoms. The summed E-state index contributed by atoms with van der Waals surface area (Å²) < 4.78 is 4.93. The van der Waals surface area contributed by atoms with E-state index in [1.165, 1.54) is 6.42 Å². The van der Waals surface area contributed by atoms with Crippen LogP contribution < -0.4 is 5.32 Å². The van der Waals surface area contributed by atoms with Gasteiger partial charge in [-0.2, -0.15) is 0 Å². The maximum atomic E-state index is 12.0. The van der Waals surface area contributed by atoms with Crippen LogP contribution in [0.5, 0.6) is 0 Å². The molecule has 0 spiro atoms. The molecule has 1 aromatic carbocycles. The minimum Gasteiger partial charge on any atom is -0.462 e. The molecular weight excluding hydrogens is 268 g/mol. The number of amides is 1. The molecule has 1 saturated heterocycles. The van der Waals surface area contributed by atoms with Crippen LogP contribution in [0.3, 0.4) is 0 Å². The zero-order valence-electron chi connectivity index (χ0n) is 12.4. The lowest BCUT2D eigenvalue weighted by atomic mass is 10.1. The number of piperidine rings is 1. The summed E-state index contributed by atoms with van der Waals surface area (Å²) in [4.78, 5) is 25.5. The van der Waals surface area contributed by atoms with Crippen molar-refractivity contribution in [2.45, 2.75) is 26.2 Å². The van der Waals surface area contributed by atoms with Gasteiger partial charge in [-0.1, -0.05) is 0 Å². The van der Waals surface area contributed by atoms with E-state index in [1.54, 1.807) is 31.2 Å². The van der Waals surface area contributed by atoms with Crippen LogP contribution >= 0.6 is 0 Å². The molecule has 1 heterocycles. The molecule has 0 saturated carbocycles. The standard InChI is InChI=1S/C16H22N2O3/c1-2-21-16(20)13-6-8-14(9-7-13)17-12-15(19)18-10-4-3-5-11-18/h6-9,17H,2-5,10-12H2,1H3. The Kier molecular flexibility index (Phi) is 5.60. The van der Waals surface area contributed by atoms with Gasteiger partial charge in [0.25, 0.3) is 0 Å². The van der Waals surface area contributed by atoms with Crippen molar-refractivity contribution in [3.63, 3.8) is 0 Å². The van der Waals surface area contributed by atoms with E-state index in [-0.39, 0.29) is 11.9 Å². The molecule has 5 nitrogen and oxygen atoms in total. The molecule has 0 unspecified atom stereocenters. The van der Waals surface area contributed by atoms with Crippen molar-refractivity contribution < 1.29 is 14.3 Å². The van der Waals surface area contributed by atoms with Gasteiger partial charge in [-0.15, -0.1) is 0 Å². The Morgan fingerprint density at radius 1 is 1.14 bits per heavy atom. The Balaban J connectivity index is 1.83. The predicted molar refractivity (Wildman–Crippen MR) is 81.3 cm³/mol. The lowest BCUT2D eigenvalue weighted by Gasteiger charge is -2.26. The average Bonchev–Trinajstić information content (AvgIpc) is 2.54. The summed E-state index contributed by atoms with van der Waals surface area (Å²) in [6, 6.07) is 6.98. The van der Waals surface area contributed by atoms with Gasteiger partial charge in [0.15, 0.2) is 0 Å². The second-order valence-corrected chi connectivity index (χ2v) is 5.09. The summed E-state index contributed by atoms with van der Waals surface area (Å²) >= 11 is 0. The first-order valence-electron chi connectivity index (χ1n) is 7.49. The molecule has 0 aromatic heterocycles. The molecule has 1 aliphatic rings. The van der Waals surface area contributed by atoms with Crippen LogP contribution in [-0.2, 0) is 9.53 Å². The highest BCUT2D eigenvalue weighted by atomic mass is 16.5. The fourth-order valence-electron chi connectivity index (χ4n) is 2.37. The van der Waals surface area contributed by atoms with E-state index in [4.69, 9.17) is 4.74 Å². The molecule has 1 amide bonds. The summed E-state index contributed by atoms with van der Waals surface area (Å²) in [5.74, 6) is -0.197. The van der Waals surface area contributed by atoms with Gasteiger partial charge in [0.05, 0.1) is 18.7 Å². The maximum Gasteiger partial charge on any atom is 0.338 e. The van der Waals surface area contributed by atoms with Crippen molar-refractivity contribution in [3.8, 4) is 0 Å². The molecule has 0 atom stereocenters. The summed E-state index contributed by atoms with van der Waals surface area (Å²) in [5.41, 5.74) is 1.35. The Labute approximate surface area is 125 Å². The van der Waals surface area contributed by atoms with E-state index in [1.807, 2.05) is 4.90 Å². The largest absolute Gasteiger partial charge is 0.462 e. The lowest BCUT2D eigenvalue weighted by molar-refractivity contribution is -0.130.